The van der Waals surface area contributed by atoms with Gasteiger partial charge in [0.05, 0.1) is 0 Å². The first-order valence-electron chi connectivity index (χ1n) is 6.86. The molecule has 0 aliphatic carbocycles. The van der Waals surface area contributed by atoms with Crippen molar-refractivity contribution in [1.82, 2.24) is 14.7 Å². The van der Waals surface area contributed by atoms with Gasteiger partial charge in [-0.2, -0.15) is 0 Å². The van der Waals surface area contributed by atoms with Crippen LogP contribution in [0.2, 0.25) is 0 Å². The first-order chi connectivity index (χ1) is 9.37. The number of carbonyl (C=O) groups excluding carboxylic acids is 2. The van der Waals surface area contributed by atoms with Gasteiger partial charge in [-0.1, -0.05) is 6.92 Å². The molecule has 116 valence electrons. The Morgan fingerprint density at radius 2 is 1.50 bits per heavy atom. The molecule has 7 nitrogen and oxygen atoms in total. The molecule has 0 aromatic rings. The number of hydrogen-bond acceptors (Lipinski definition) is 3. The second-order valence-electron chi connectivity index (χ2n) is 4.52. The maximum absolute atomic E-state index is 12.1. The third-order valence-corrected chi connectivity index (χ3v) is 2.91. The van der Waals surface area contributed by atoms with Crippen LogP contribution in [0.1, 0.15) is 27.2 Å². The predicted octanol–water partition coefficient (Wildman–Crippen LogP) is 0.703. The number of urea groups is 1. The molecule has 0 unspecified atom stereocenters. The first kappa shape index (κ1) is 18.2. The van der Waals surface area contributed by atoms with E-state index in [1.807, 2.05) is 20.8 Å². The SMILES string of the molecule is CCCN(CC(=O)O)C(=O)N(C)CC(=O)N(CC)CC. The summed E-state index contributed by atoms with van der Waals surface area (Å²) in [5.74, 6) is -1.20. The summed E-state index contributed by atoms with van der Waals surface area (Å²) < 4.78 is 0. The van der Waals surface area contributed by atoms with Crippen LogP contribution in [0.4, 0.5) is 4.79 Å². The minimum absolute atomic E-state index is 0.0413. The monoisotopic (exact) mass is 287 g/mol. The number of rotatable bonds is 8. The number of amides is 3. The average Bonchev–Trinajstić information content (AvgIpc) is 2.38. The predicted molar refractivity (Wildman–Crippen MR) is 75.5 cm³/mol. The molecular weight excluding hydrogens is 262 g/mol. The zero-order valence-electron chi connectivity index (χ0n) is 12.8. The van der Waals surface area contributed by atoms with E-state index < -0.39 is 12.0 Å². The molecule has 20 heavy (non-hydrogen) atoms. The van der Waals surface area contributed by atoms with Crippen LogP contribution in [0, 0.1) is 0 Å². The third kappa shape index (κ3) is 5.90. The zero-order valence-corrected chi connectivity index (χ0v) is 12.8. The standard InChI is InChI=1S/C13H25N3O4/c1-5-8-16(10-12(18)19)13(20)14(4)9-11(17)15(6-2)7-3/h5-10H2,1-4H3,(H,18,19). The molecule has 7 heteroatoms. The van der Waals surface area contributed by atoms with Crippen LogP contribution in [0.15, 0.2) is 0 Å². The third-order valence-electron chi connectivity index (χ3n) is 2.91. The van der Waals surface area contributed by atoms with Crippen molar-refractivity contribution in [1.29, 1.82) is 0 Å². The minimum Gasteiger partial charge on any atom is -0.480 e. The van der Waals surface area contributed by atoms with Gasteiger partial charge in [-0.15, -0.1) is 0 Å². The van der Waals surface area contributed by atoms with Gasteiger partial charge < -0.3 is 19.8 Å². The summed E-state index contributed by atoms with van der Waals surface area (Å²) in [4.78, 5) is 38.9. The summed E-state index contributed by atoms with van der Waals surface area (Å²) in [5.41, 5.74) is 0. The Morgan fingerprint density at radius 3 is 1.90 bits per heavy atom. The van der Waals surface area contributed by atoms with Gasteiger partial charge in [0.1, 0.15) is 13.1 Å². The number of nitrogens with zero attached hydrogens (tertiary/aromatic N) is 3. The summed E-state index contributed by atoms with van der Waals surface area (Å²) >= 11 is 0. The van der Waals surface area contributed by atoms with Crippen LogP contribution in [-0.4, -0.2) is 77.5 Å². The van der Waals surface area contributed by atoms with E-state index in [1.54, 1.807) is 4.90 Å². The minimum atomic E-state index is -1.06. The van der Waals surface area contributed by atoms with Crippen molar-refractivity contribution >= 4 is 17.9 Å². The molecule has 0 saturated heterocycles. The lowest BCUT2D eigenvalue weighted by atomic mass is 10.4. The second kappa shape index (κ2) is 9.17. The molecule has 0 spiro atoms. The molecule has 0 saturated carbocycles. The van der Waals surface area contributed by atoms with Gasteiger partial charge in [0.15, 0.2) is 0 Å². The van der Waals surface area contributed by atoms with Crippen LogP contribution in [0.5, 0.6) is 0 Å². The number of carbonyl (C=O) groups is 3. The fourth-order valence-corrected chi connectivity index (χ4v) is 1.86. The van der Waals surface area contributed by atoms with Crippen LogP contribution < -0.4 is 0 Å². The van der Waals surface area contributed by atoms with E-state index in [0.717, 1.165) is 0 Å². The number of aliphatic carboxylic acids is 1. The highest BCUT2D eigenvalue weighted by atomic mass is 16.4. The Balaban J connectivity index is 4.63. The largest absolute Gasteiger partial charge is 0.480 e. The zero-order chi connectivity index (χ0) is 15.7. The maximum atomic E-state index is 12.1. The Bertz CT molecular complexity index is 343. The topological polar surface area (TPSA) is 81.2 Å². The number of hydrogen-bond donors (Lipinski definition) is 1. The summed E-state index contributed by atoms with van der Waals surface area (Å²) in [6.07, 6.45) is 0.664. The van der Waals surface area contributed by atoms with Crippen molar-refractivity contribution in [2.45, 2.75) is 27.2 Å². The summed E-state index contributed by atoms with van der Waals surface area (Å²) in [6, 6.07) is -0.435. The quantitative estimate of drug-likeness (QED) is 0.712. The highest BCUT2D eigenvalue weighted by Crippen LogP contribution is 2.00. The van der Waals surface area contributed by atoms with Gasteiger partial charge in [0, 0.05) is 26.7 Å². The number of carboxylic acids is 1. The average molecular weight is 287 g/mol. The van der Waals surface area contributed by atoms with Crippen molar-refractivity contribution < 1.29 is 19.5 Å². The van der Waals surface area contributed by atoms with E-state index in [0.29, 0.717) is 26.1 Å². The second-order valence-corrected chi connectivity index (χ2v) is 4.52. The van der Waals surface area contributed by atoms with Gasteiger partial charge >= 0.3 is 12.0 Å². The Hall–Kier alpha value is -1.79. The molecule has 0 heterocycles. The van der Waals surface area contributed by atoms with Gasteiger partial charge in [0.25, 0.3) is 0 Å². The fraction of sp³-hybridized carbons (Fsp3) is 0.769. The highest BCUT2D eigenvalue weighted by molar-refractivity contribution is 5.85. The molecule has 0 aliphatic rings. The summed E-state index contributed by atoms with van der Waals surface area (Å²) in [7, 11) is 1.51. The van der Waals surface area contributed by atoms with E-state index in [9.17, 15) is 14.4 Å². The van der Waals surface area contributed by atoms with E-state index in [-0.39, 0.29) is 19.0 Å². The number of carboxylic acid groups (broad SMARTS) is 1. The molecular formula is C13H25N3O4. The summed E-state index contributed by atoms with van der Waals surface area (Å²) in [5, 5.41) is 8.80. The van der Waals surface area contributed by atoms with Crippen molar-refractivity contribution in [3.05, 3.63) is 0 Å². The molecule has 0 bridgehead atoms. The summed E-state index contributed by atoms with van der Waals surface area (Å²) in [6.45, 7) is 6.75. The molecule has 0 radical (unpaired) electrons. The van der Waals surface area contributed by atoms with E-state index >= 15 is 0 Å². The first-order valence-corrected chi connectivity index (χ1v) is 6.86. The molecule has 0 rings (SSSR count). The van der Waals surface area contributed by atoms with Gasteiger partial charge in [-0.25, -0.2) is 4.79 Å². The van der Waals surface area contributed by atoms with Crippen molar-refractivity contribution in [2.75, 3.05) is 39.8 Å². The molecule has 3 amide bonds. The van der Waals surface area contributed by atoms with E-state index in [1.165, 1.54) is 16.8 Å². The molecule has 0 fully saturated rings. The Labute approximate surface area is 120 Å². The molecule has 0 aliphatic heterocycles. The molecule has 0 aromatic carbocycles. The highest BCUT2D eigenvalue weighted by Gasteiger charge is 2.22. The van der Waals surface area contributed by atoms with Crippen molar-refractivity contribution in [3.8, 4) is 0 Å². The number of likely N-dealkylation sites (N-methyl/N-ethyl adjacent to an activating group) is 2. The van der Waals surface area contributed by atoms with Crippen LogP contribution >= 0.6 is 0 Å². The van der Waals surface area contributed by atoms with Gasteiger partial charge in [-0.05, 0) is 20.3 Å². The molecule has 1 N–H and O–H groups in total. The van der Waals surface area contributed by atoms with Gasteiger partial charge in [0.2, 0.25) is 5.91 Å². The Kier molecular flexibility index (Phi) is 8.35. The van der Waals surface area contributed by atoms with E-state index in [4.69, 9.17) is 5.11 Å². The lowest BCUT2D eigenvalue weighted by Crippen LogP contribution is -2.48. The van der Waals surface area contributed by atoms with Crippen LogP contribution in [0.3, 0.4) is 0 Å². The van der Waals surface area contributed by atoms with Crippen molar-refractivity contribution in [2.24, 2.45) is 0 Å². The lowest BCUT2D eigenvalue weighted by Gasteiger charge is -2.28. The normalized spacial score (nSPS) is 10.0. The van der Waals surface area contributed by atoms with Gasteiger partial charge in [-0.3, -0.25) is 9.59 Å². The lowest BCUT2D eigenvalue weighted by molar-refractivity contribution is -0.137. The van der Waals surface area contributed by atoms with E-state index in [2.05, 4.69) is 0 Å². The smallest absolute Gasteiger partial charge is 0.323 e. The fourth-order valence-electron chi connectivity index (χ4n) is 1.86. The van der Waals surface area contributed by atoms with Crippen LogP contribution in [-0.2, 0) is 9.59 Å². The van der Waals surface area contributed by atoms with Crippen LogP contribution in [0.25, 0.3) is 0 Å². The maximum Gasteiger partial charge on any atom is 0.323 e. The molecule has 0 atom stereocenters. The van der Waals surface area contributed by atoms with Crippen molar-refractivity contribution in [3.63, 3.8) is 0 Å². The Morgan fingerprint density at radius 1 is 0.950 bits per heavy atom. The molecule has 0 aromatic heterocycles.